The Balaban J connectivity index is 1.18. The van der Waals surface area contributed by atoms with Gasteiger partial charge in [0.05, 0.1) is 27.8 Å². The molecule has 1 atom stereocenters. The van der Waals surface area contributed by atoms with E-state index in [9.17, 15) is 0 Å². The van der Waals surface area contributed by atoms with E-state index in [0.717, 1.165) is 44.9 Å². The lowest BCUT2D eigenvalue weighted by atomic mass is 10.1. The van der Waals surface area contributed by atoms with Gasteiger partial charge in [0.1, 0.15) is 12.0 Å². The van der Waals surface area contributed by atoms with Crippen LogP contribution in [0.3, 0.4) is 0 Å². The fourth-order valence-electron chi connectivity index (χ4n) is 7.56. The number of para-hydroxylation sites is 3. The van der Waals surface area contributed by atoms with Crippen LogP contribution in [-0.2, 0) is 0 Å². The second kappa shape index (κ2) is 11.5. The lowest BCUT2D eigenvalue weighted by Gasteiger charge is -2.23. The molecule has 50 heavy (non-hydrogen) atoms. The zero-order chi connectivity index (χ0) is 33.0. The van der Waals surface area contributed by atoms with Gasteiger partial charge in [-0.3, -0.25) is 0 Å². The highest BCUT2D eigenvalue weighted by Gasteiger charge is 2.23. The highest BCUT2D eigenvalue weighted by atomic mass is 15.2. The minimum atomic E-state index is -0.260. The van der Waals surface area contributed by atoms with Crippen molar-refractivity contribution in [2.45, 2.75) is 6.17 Å². The van der Waals surface area contributed by atoms with Gasteiger partial charge in [0.25, 0.3) is 0 Å². The molecule has 1 N–H and O–H groups in total. The minimum Gasteiger partial charge on any atom is -0.344 e. The molecule has 10 rings (SSSR count). The summed E-state index contributed by atoms with van der Waals surface area (Å²) in [6.45, 7) is 0. The Morgan fingerprint density at radius 1 is 0.460 bits per heavy atom. The minimum absolute atomic E-state index is 0.260. The lowest BCUT2D eigenvalue weighted by Crippen LogP contribution is -2.33. The Morgan fingerprint density at radius 3 is 1.74 bits per heavy atom. The first-order valence-electron chi connectivity index (χ1n) is 17.0. The third-order valence-corrected chi connectivity index (χ3v) is 9.76. The van der Waals surface area contributed by atoms with Crippen LogP contribution in [0.5, 0.6) is 0 Å². The molecule has 1 unspecified atom stereocenters. The van der Waals surface area contributed by atoms with Crippen LogP contribution in [0.25, 0.3) is 55.0 Å². The van der Waals surface area contributed by atoms with Gasteiger partial charge in [0.15, 0.2) is 5.84 Å². The predicted molar refractivity (Wildman–Crippen MR) is 207 cm³/mol. The monoisotopic (exact) mass is 641 g/mol. The number of nitrogens with one attached hydrogen (secondary N) is 1. The highest BCUT2D eigenvalue weighted by Crippen LogP contribution is 2.40. The van der Waals surface area contributed by atoms with Gasteiger partial charge >= 0.3 is 0 Å². The smallest absolute Gasteiger partial charge is 0.159 e. The van der Waals surface area contributed by atoms with Crippen molar-refractivity contribution in [2.24, 2.45) is 9.98 Å². The Labute approximate surface area is 289 Å². The standard InChI is InChI=1S/C45H31N5/c1-3-15-30(16-4-1)43-46-44(31-17-5-2-6-18-31)48-45(47-43)32-19-13-20-33(29-32)49-39-26-12-9-23-36(39)42-40(49)27-14-28-41(42)50-37-24-10-7-21-34(37)35-22-8-11-25-38(35)50/h1-29,43H,(H,46,47,48). The Kier molecular flexibility index (Phi) is 6.49. The van der Waals surface area contributed by atoms with Gasteiger partial charge in [-0.15, -0.1) is 0 Å². The Bertz CT molecular complexity index is 2730. The van der Waals surface area contributed by atoms with Gasteiger partial charge in [-0.05, 0) is 48.0 Å². The topological polar surface area (TPSA) is 46.6 Å². The van der Waals surface area contributed by atoms with Crippen LogP contribution in [-0.4, -0.2) is 20.8 Å². The number of rotatable bonds is 5. The maximum atomic E-state index is 5.16. The average molecular weight is 642 g/mol. The molecular formula is C45H31N5. The number of aliphatic imine (C=N–C) groups is 2. The Morgan fingerprint density at radius 2 is 1.02 bits per heavy atom. The van der Waals surface area contributed by atoms with Crippen molar-refractivity contribution >= 4 is 55.3 Å². The third kappa shape index (κ3) is 4.48. The van der Waals surface area contributed by atoms with Gasteiger partial charge in [-0.25, -0.2) is 9.98 Å². The van der Waals surface area contributed by atoms with E-state index in [1.165, 1.54) is 32.6 Å². The molecule has 0 amide bonds. The number of amidine groups is 2. The normalized spacial score (nSPS) is 14.6. The maximum absolute atomic E-state index is 5.16. The Hall–Kier alpha value is -6.72. The van der Waals surface area contributed by atoms with Crippen molar-refractivity contribution < 1.29 is 0 Å². The van der Waals surface area contributed by atoms with E-state index in [1.54, 1.807) is 0 Å². The average Bonchev–Trinajstić information content (AvgIpc) is 3.72. The molecule has 0 saturated carbocycles. The lowest BCUT2D eigenvalue weighted by molar-refractivity contribution is 0.674. The first kappa shape index (κ1) is 28.3. The van der Waals surface area contributed by atoms with Crippen LogP contribution >= 0.6 is 0 Å². The summed E-state index contributed by atoms with van der Waals surface area (Å²) < 4.78 is 4.80. The molecule has 236 valence electrons. The zero-order valence-corrected chi connectivity index (χ0v) is 27.1. The van der Waals surface area contributed by atoms with Gasteiger partial charge < -0.3 is 14.5 Å². The van der Waals surface area contributed by atoms with Crippen molar-refractivity contribution in [2.75, 3.05) is 0 Å². The second-order valence-electron chi connectivity index (χ2n) is 12.7. The van der Waals surface area contributed by atoms with E-state index in [1.807, 2.05) is 24.3 Å². The van der Waals surface area contributed by atoms with Gasteiger partial charge in [0, 0.05) is 38.4 Å². The van der Waals surface area contributed by atoms with Crippen LogP contribution in [0.2, 0.25) is 0 Å². The van der Waals surface area contributed by atoms with E-state index in [4.69, 9.17) is 9.98 Å². The summed E-state index contributed by atoms with van der Waals surface area (Å²) >= 11 is 0. The highest BCUT2D eigenvalue weighted by molar-refractivity contribution is 6.17. The van der Waals surface area contributed by atoms with Crippen LogP contribution < -0.4 is 5.32 Å². The molecule has 0 aliphatic carbocycles. The summed E-state index contributed by atoms with van der Waals surface area (Å²) in [5.41, 5.74) is 9.98. The fraction of sp³-hybridized carbons (Fsp3) is 0.0222. The molecule has 0 bridgehead atoms. The first-order chi connectivity index (χ1) is 24.8. The number of benzene rings is 7. The largest absolute Gasteiger partial charge is 0.344 e. The molecule has 1 aliphatic heterocycles. The molecule has 3 heterocycles. The fourth-order valence-corrected chi connectivity index (χ4v) is 7.56. The first-order valence-corrected chi connectivity index (χ1v) is 17.0. The summed E-state index contributed by atoms with van der Waals surface area (Å²) in [6.07, 6.45) is -0.260. The van der Waals surface area contributed by atoms with Crippen LogP contribution in [0.4, 0.5) is 0 Å². The van der Waals surface area contributed by atoms with E-state index in [-0.39, 0.29) is 6.17 Å². The summed E-state index contributed by atoms with van der Waals surface area (Å²) in [6, 6.07) is 62.0. The van der Waals surface area contributed by atoms with Crippen LogP contribution in [0.15, 0.2) is 186 Å². The zero-order valence-electron chi connectivity index (χ0n) is 27.1. The predicted octanol–water partition coefficient (Wildman–Crippen LogP) is 10.4. The van der Waals surface area contributed by atoms with Gasteiger partial charge in [0.2, 0.25) is 0 Å². The van der Waals surface area contributed by atoms with Crippen molar-refractivity contribution in [3.63, 3.8) is 0 Å². The number of fused-ring (bicyclic) bond motifs is 6. The molecule has 0 radical (unpaired) electrons. The van der Waals surface area contributed by atoms with E-state index >= 15 is 0 Å². The summed E-state index contributed by atoms with van der Waals surface area (Å²) in [5, 5.41) is 8.50. The molecule has 0 spiro atoms. The van der Waals surface area contributed by atoms with E-state index in [2.05, 4.69) is 166 Å². The molecule has 0 saturated heterocycles. The number of aromatic nitrogens is 2. The molecule has 1 aliphatic rings. The molecule has 5 heteroatoms. The molecule has 9 aromatic rings. The molecule has 2 aromatic heterocycles. The summed E-state index contributed by atoms with van der Waals surface area (Å²) in [7, 11) is 0. The van der Waals surface area contributed by atoms with Crippen molar-refractivity contribution in [3.8, 4) is 11.4 Å². The molecule has 5 nitrogen and oxygen atoms in total. The number of hydrogen-bond acceptors (Lipinski definition) is 3. The van der Waals surface area contributed by atoms with Gasteiger partial charge in [-0.1, -0.05) is 133 Å². The van der Waals surface area contributed by atoms with Gasteiger partial charge in [-0.2, -0.15) is 0 Å². The van der Waals surface area contributed by atoms with Crippen LogP contribution in [0.1, 0.15) is 22.9 Å². The third-order valence-electron chi connectivity index (χ3n) is 9.76. The summed E-state index contributed by atoms with van der Waals surface area (Å²) in [4.78, 5) is 10.3. The second-order valence-corrected chi connectivity index (χ2v) is 12.7. The van der Waals surface area contributed by atoms with Crippen molar-refractivity contribution in [1.29, 1.82) is 0 Å². The molecule has 7 aromatic carbocycles. The number of hydrogen-bond donors (Lipinski definition) is 1. The maximum Gasteiger partial charge on any atom is 0.159 e. The molecule has 0 fully saturated rings. The number of nitrogens with zero attached hydrogens (tertiary/aromatic N) is 4. The van der Waals surface area contributed by atoms with Crippen molar-refractivity contribution in [3.05, 3.63) is 193 Å². The SMILES string of the molecule is c1ccc(C2=NC(c3cccc(-n4c5ccccc5c5c(-n6c7ccccc7c7ccccc76)cccc54)c3)=NC(c3ccccc3)N2)cc1. The summed E-state index contributed by atoms with van der Waals surface area (Å²) in [5.74, 6) is 1.51. The quantitative estimate of drug-likeness (QED) is 0.200. The van der Waals surface area contributed by atoms with Crippen LogP contribution in [0, 0.1) is 0 Å². The van der Waals surface area contributed by atoms with Crippen molar-refractivity contribution in [1.82, 2.24) is 14.5 Å². The van der Waals surface area contributed by atoms with E-state index < -0.39 is 0 Å². The molecular weight excluding hydrogens is 611 g/mol. The van der Waals surface area contributed by atoms with E-state index in [0.29, 0.717) is 5.84 Å².